The van der Waals surface area contributed by atoms with E-state index < -0.39 is 6.04 Å². The number of aromatic amines is 1. The van der Waals surface area contributed by atoms with Crippen LogP contribution in [0.3, 0.4) is 0 Å². The number of hydrogen-bond donors (Lipinski definition) is 1. The summed E-state index contributed by atoms with van der Waals surface area (Å²) in [4.78, 5) is 35.9. The van der Waals surface area contributed by atoms with Crippen molar-refractivity contribution >= 4 is 23.7 Å². The summed E-state index contributed by atoms with van der Waals surface area (Å²) in [7, 11) is 1.66. The molecule has 1 atom stereocenters. The second-order valence-corrected chi connectivity index (χ2v) is 6.30. The van der Waals surface area contributed by atoms with Gasteiger partial charge in [0.2, 0.25) is 11.9 Å². The predicted molar refractivity (Wildman–Crippen MR) is 86.7 cm³/mol. The van der Waals surface area contributed by atoms with Crippen molar-refractivity contribution < 1.29 is 14.2 Å². The first-order valence-electron chi connectivity index (χ1n) is 7.79. The van der Waals surface area contributed by atoms with Crippen molar-refractivity contribution in [3.05, 3.63) is 47.3 Å². The summed E-state index contributed by atoms with van der Waals surface area (Å²) in [6.07, 6.45) is 1.85. The number of rotatable bonds is 2. The molecule has 1 aromatic carbocycles. The summed E-state index contributed by atoms with van der Waals surface area (Å²) in [5, 5.41) is 0. The number of fused-ring (bicyclic) bond motifs is 3. The van der Waals surface area contributed by atoms with Gasteiger partial charge in [0.05, 0.1) is 6.54 Å². The molecule has 2 aliphatic rings. The van der Waals surface area contributed by atoms with Crippen LogP contribution < -0.4 is 4.57 Å². The van der Waals surface area contributed by atoms with Crippen molar-refractivity contribution in [1.29, 1.82) is 0 Å². The molecule has 1 unspecified atom stereocenters. The molecular weight excluding hydrogens is 306 g/mol. The molecule has 1 fully saturated rings. The quantitative estimate of drug-likeness (QED) is 0.852. The third-order valence-corrected chi connectivity index (χ3v) is 4.41. The molecule has 7 nitrogen and oxygen atoms in total. The fraction of sp³-hybridized carbons (Fsp3) is 0.294. The van der Waals surface area contributed by atoms with Crippen LogP contribution in [0.2, 0.25) is 0 Å². The fourth-order valence-electron chi connectivity index (χ4n) is 3.27. The Labute approximate surface area is 139 Å². The van der Waals surface area contributed by atoms with Gasteiger partial charge in [0.1, 0.15) is 11.9 Å². The Balaban J connectivity index is 1.71. The van der Waals surface area contributed by atoms with Gasteiger partial charge in [-0.15, -0.1) is 0 Å². The largest absolute Gasteiger partial charge is 0.399 e. The standard InChI is InChI=1S/C17H17N5O2/c1-10-5-4-6-12(7-10)9-22-15(23)13-14(20(3)17(22)24)19-16-18-11(2)8-21(13)16/h4-8,13H,9H2,1-3H3/p+1. The maximum Gasteiger partial charge on any atom is 0.399 e. The molecule has 3 heterocycles. The van der Waals surface area contributed by atoms with Crippen LogP contribution in [0.5, 0.6) is 0 Å². The lowest BCUT2D eigenvalue weighted by atomic mass is 10.1. The van der Waals surface area contributed by atoms with Gasteiger partial charge in [-0.3, -0.25) is 14.6 Å². The first-order valence-corrected chi connectivity index (χ1v) is 7.79. The van der Waals surface area contributed by atoms with E-state index in [0.717, 1.165) is 16.8 Å². The van der Waals surface area contributed by atoms with Crippen molar-refractivity contribution in [2.24, 2.45) is 4.99 Å². The molecule has 0 aliphatic carbocycles. The van der Waals surface area contributed by atoms with Crippen LogP contribution in [0, 0.1) is 13.8 Å². The van der Waals surface area contributed by atoms with E-state index in [-0.39, 0.29) is 18.5 Å². The van der Waals surface area contributed by atoms with E-state index in [9.17, 15) is 9.59 Å². The zero-order valence-corrected chi connectivity index (χ0v) is 13.8. The molecule has 4 rings (SSSR count). The van der Waals surface area contributed by atoms with E-state index in [1.54, 1.807) is 11.6 Å². The van der Waals surface area contributed by atoms with Crippen molar-refractivity contribution in [1.82, 2.24) is 14.8 Å². The van der Waals surface area contributed by atoms with Gasteiger partial charge >= 0.3 is 12.0 Å². The van der Waals surface area contributed by atoms with Crippen LogP contribution in [0.4, 0.5) is 10.7 Å². The van der Waals surface area contributed by atoms with E-state index >= 15 is 0 Å². The van der Waals surface area contributed by atoms with Crippen LogP contribution in [-0.2, 0) is 11.3 Å². The average Bonchev–Trinajstić information content (AvgIpc) is 3.05. The molecule has 3 amide bonds. The number of carbonyl (C=O) groups is 2. The number of H-pyrrole nitrogens is 1. The Hall–Kier alpha value is -2.96. The van der Waals surface area contributed by atoms with E-state index in [4.69, 9.17) is 0 Å². The van der Waals surface area contributed by atoms with Gasteiger partial charge in [-0.25, -0.2) is 14.3 Å². The van der Waals surface area contributed by atoms with Gasteiger partial charge in [0, 0.05) is 7.05 Å². The number of carbonyl (C=O) groups excluding carboxylic acids is 2. The Morgan fingerprint density at radius 3 is 2.83 bits per heavy atom. The molecule has 122 valence electrons. The summed E-state index contributed by atoms with van der Waals surface area (Å²) in [6.45, 7) is 4.15. The van der Waals surface area contributed by atoms with E-state index in [1.165, 1.54) is 9.80 Å². The maximum atomic E-state index is 13.0. The number of benzene rings is 1. The first kappa shape index (κ1) is 14.6. The Kier molecular flexibility index (Phi) is 3.06. The molecular formula is C17H18N5O2+. The number of aromatic nitrogens is 2. The number of aliphatic imine (C=N–C) groups is 1. The highest BCUT2D eigenvalue weighted by atomic mass is 16.2. The number of amides is 3. The smallest absolute Gasteiger partial charge is 0.270 e. The summed E-state index contributed by atoms with van der Waals surface area (Å²) in [5.74, 6) is 0.816. The van der Waals surface area contributed by atoms with Crippen molar-refractivity contribution in [3.63, 3.8) is 0 Å². The van der Waals surface area contributed by atoms with Crippen LogP contribution in [0.25, 0.3) is 0 Å². The Morgan fingerprint density at radius 2 is 2.08 bits per heavy atom. The summed E-state index contributed by atoms with van der Waals surface area (Å²) < 4.78 is 1.79. The summed E-state index contributed by atoms with van der Waals surface area (Å²) >= 11 is 0. The average molecular weight is 324 g/mol. The number of imide groups is 1. The molecule has 24 heavy (non-hydrogen) atoms. The predicted octanol–water partition coefficient (Wildman–Crippen LogP) is 1.60. The van der Waals surface area contributed by atoms with Gasteiger partial charge in [-0.1, -0.05) is 34.8 Å². The second-order valence-electron chi connectivity index (χ2n) is 6.30. The van der Waals surface area contributed by atoms with Crippen LogP contribution >= 0.6 is 0 Å². The highest BCUT2D eigenvalue weighted by Gasteiger charge is 2.52. The van der Waals surface area contributed by atoms with Crippen molar-refractivity contribution in [3.8, 4) is 0 Å². The maximum absolute atomic E-state index is 13.0. The minimum atomic E-state index is -0.586. The van der Waals surface area contributed by atoms with Crippen LogP contribution in [0.15, 0.2) is 35.5 Å². The van der Waals surface area contributed by atoms with Gasteiger partial charge in [0.25, 0.3) is 5.91 Å². The number of imidazole rings is 1. The van der Waals surface area contributed by atoms with Crippen LogP contribution in [0.1, 0.15) is 22.9 Å². The Bertz CT molecular complexity index is 898. The molecule has 1 saturated heterocycles. The van der Waals surface area contributed by atoms with E-state index in [0.29, 0.717) is 11.8 Å². The highest BCUT2D eigenvalue weighted by Crippen LogP contribution is 2.27. The molecule has 0 spiro atoms. The van der Waals surface area contributed by atoms with Crippen molar-refractivity contribution in [2.75, 3.05) is 7.05 Å². The normalized spacial score (nSPS) is 19.5. The summed E-state index contributed by atoms with van der Waals surface area (Å²) in [6, 6.07) is 6.89. The lowest BCUT2D eigenvalue weighted by molar-refractivity contribution is -0.676. The Morgan fingerprint density at radius 1 is 1.29 bits per heavy atom. The lowest BCUT2D eigenvalue weighted by Gasteiger charge is -2.33. The zero-order chi connectivity index (χ0) is 17.0. The monoisotopic (exact) mass is 324 g/mol. The number of likely N-dealkylation sites (N-methyl/N-ethyl adjacent to an activating group) is 1. The lowest BCUT2D eigenvalue weighted by Crippen LogP contribution is -2.62. The SMILES string of the molecule is Cc1cccc(CN2C(=O)C3C(=Nc4[nH]c(C)c[n+]43)N(C)C2=O)c1. The number of nitrogens with zero attached hydrogens (tertiary/aromatic N) is 4. The van der Waals surface area contributed by atoms with Gasteiger partial charge < -0.3 is 0 Å². The van der Waals surface area contributed by atoms with Crippen molar-refractivity contribution in [2.45, 2.75) is 26.4 Å². The third kappa shape index (κ3) is 2.05. The van der Waals surface area contributed by atoms with Gasteiger partial charge in [-0.2, -0.15) is 0 Å². The minimum absolute atomic E-state index is 0.249. The molecule has 7 heteroatoms. The number of aryl methyl sites for hydroxylation is 2. The highest BCUT2D eigenvalue weighted by molar-refractivity contribution is 6.18. The number of urea groups is 1. The van der Waals surface area contributed by atoms with Gasteiger partial charge in [0.15, 0.2) is 0 Å². The molecule has 0 bridgehead atoms. The minimum Gasteiger partial charge on any atom is -0.270 e. The third-order valence-electron chi connectivity index (χ3n) is 4.41. The number of hydrogen-bond acceptors (Lipinski definition) is 3. The van der Waals surface area contributed by atoms with Crippen LogP contribution in [-0.4, -0.2) is 39.6 Å². The second kappa shape index (κ2) is 5.02. The summed E-state index contributed by atoms with van der Waals surface area (Å²) in [5.41, 5.74) is 2.95. The van der Waals surface area contributed by atoms with E-state index in [2.05, 4.69) is 9.98 Å². The number of amidine groups is 1. The zero-order valence-electron chi connectivity index (χ0n) is 13.8. The number of nitrogens with one attached hydrogen (secondary N) is 1. The molecule has 1 aromatic heterocycles. The molecule has 0 radical (unpaired) electrons. The first-order chi connectivity index (χ1) is 11.5. The fourth-order valence-corrected chi connectivity index (χ4v) is 3.27. The molecule has 2 aromatic rings. The topological polar surface area (TPSA) is 72.7 Å². The molecule has 1 N–H and O–H groups in total. The molecule has 2 aliphatic heterocycles. The van der Waals surface area contributed by atoms with E-state index in [1.807, 2.05) is 44.3 Å². The molecule has 0 saturated carbocycles. The van der Waals surface area contributed by atoms with Gasteiger partial charge in [-0.05, 0) is 19.4 Å².